The summed E-state index contributed by atoms with van der Waals surface area (Å²) in [6, 6.07) is 8.73. The third-order valence-corrected chi connectivity index (χ3v) is 3.78. The largest absolute Gasteiger partial charge is 0.497 e. The van der Waals surface area contributed by atoms with Gasteiger partial charge in [-0.15, -0.1) is 0 Å². The van der Waals surface area contributed by atoms with Crippen LogP contribution in [0.4, 0.5) is 0 Å². The molecule has 0 bridgehead atoms. The Morgan fingerprint density at radius 2 is 1.78 bits per heavy atom. The molecule has 0 unspecified atom stereocenters. The summed E-state index contributed by atoms with van der Waals surface area (Å²) in [6.45, 7) is 12.2. The van der Waals surface area contributed by atoms with Crippen LogP contribution in [0.5, 0.6) is 5.75 Å². The summed E-state index contributed by atoms with van der Waals surface area (Å²) in [5.74, 6) is 0.894. The number of nitrogens with one attached hydrogen (secondary N) is 1. The maximum Gasteiger partial charge on any atom is 0.118 e. The summed E-state index contributed by atoms with van der Waals surface area (Å²) in [4.78, 5) is 2.41. The number of ether oxygens (including phenoxy) is 2. The van der Waals surface area contributed by atoms with E-state index in [9.17, 15) is 0 Å². The van der Waals surface area contributed by atoms with Gasteiger partial charge in [-0.1, -0.05) is 12.1 Å². The fraction of sp³-hybridized carbons (Fsp3) is 0.579. The van der Waals surface area contributed by atoms with Crippen LogP contribution in [-0.2, 0) is 11.3 Å². The molecule has 1 rings (SSSR count). The molecule has 0 aromatic heterocycles. The molecule has 0 aliphatic carbocycles. The molecule has 4 heteroatoms. The fourth-order valence-corrected chi connectivity index (χ4v) is 2.43. The second-order valence-corrected chi connectivity index (χ2v) is 6.26. The van der Waals surface area contributed by atoms with E-state index in [2.05, 4.69) is 50.0 Å². The Balaban J connectivity index is 2.74. The van der Waals surface area contributed by atoms with Crippen LogP contribution in [-0.4, -0.2) is 44.9 Å². The molecule has 0 atom stereocenters. The van der Waals surface area contributed by atoms with Crippen LogP contribution in [0.15, 0.2) is 35.5 Å². The van der Waals surface area contributed by atoms with Gasteiger partial charge in [0.25, 0.3) is 0 Å². The zero-order chi connectivity index (χ0) is 17.2. The van der Waals surface area contributed by atoms with E-state index in [0.29, 0.717) is 6.04 Å². The van der Waals surface area contributed by atoms with E-state index in [1.807, 2.05) is 12.1 Å². The monoisotopic (exact) mass is 320 g/mol. The van der Waals surface area contributed by atoms with Gasteiger partial charge in [0.2, 0.25) is 0 Å². The Morgan fingerprint density at radius 3 is 2.30 bits per heavy atom. The Hall–Kier alpha value is -1.52. The molecule has 1 aromatic carbocycles. The van der Waals surface area contributed by atoms with E-state index in [0.717, 1.165) is 32.0 Å². The zero-order valence-corrected chi connectivity index (χ0v) is 15.5. The van der Waals surface area contributed by atoms with Crippen molar-refractivity contribution in [3.8, 4) is 5.75 Å². The van der Waals surface area contributed by atoms with E-state index < -0.39 is 0 Å². The van der Waals surface area contributed by atoms with Crippen molar-refractivity contribution in [1.29, 1.82) is 0 Å². The number of hydrogen-bond acceptors (Lipinski definition) is 4. The minimum atomic E-state index is 0.457. The summed E-state index contributed by atoms with van der Waals surface area (Å²) in [7, 11) is 3.44. The highest BCUT2D eigenvalue weighted by Gasteiger charge is 2.09. The van der Waals surface area contributed by atoms with Crippen LogP contribution in [0.1, 0.15) is 33.3 Å². The second-order valence-electron chi connectivity index (χ2n) is 6.26. The molecule has 0 aliphatic heterocycles. The third kappa shape index (κ3) is 7.53. The van der Waals surface area contributed by atoms with Gasteiger partial charge in [-0.2, -0.15) is 0 Å². The molecule has 130 valence electrons. The normalized spacial score (nSPS) is 12.5. The van der Waals surface area contributed by atoms with Gasteiger partial charge < -0.3 is 14.8 Å². The van der Waals surface area contributed by atoms with E-state index in [-0.39, 0.29) is 0 Å². The number of benzene rings is 1. The molecule has 23 heavy (non-hydrogen) atoms. The number of hydrogen-bond donors (Lipinski definition) is 1. The Morgan fingerprint density at radius 1 is 1.13 bits per heavy atom. The molecule has 0 aliphatic rings. The zero-order valence-electron chi connectivity index (χ0n) is 15.5. The van der Waals surface area contributed by atoms with E-state index >= 15 is 0 Å². The van der Waals surface area contributed by atoms with Gasteiger partial charge in [0.15, 0.2) is 0 Å². The molecule has 4 nitrogen and oxygen atoms in total. The van der Waals surface area contributed by atoms with E-state index in [1.165, 1.54) is 16.8 Å². The maximum atomic E-state index is 5.26. The van der Waals surface area contributed by atoms with Crippen LogP contribution in [0.3, 0.4) is 0 Å². The lowest BCUT2D eigenvalue weighted by atomic mass is 10.1. The van der Waals surface area contributed by atoms with Gasteiger partial charge in [-0.25, -0.2) is 0 Å². The van der Waals surface area contributed by atoms with Gasteiger partial charge >= 0.3 is 0 Å². The Bertz CT molecular complexity index is 481. The van der Waals surface area contributed by atoms with Crippen molar-refractivity contribution in [1.82, 2.24) is 10.2 Å². The van der Waals surface area contributed by atoms with E-state index in [1.54, 1.807) is 14.2 Å². The van der Waals surface area contributed by atoms with Crippen LogP contribution >= 0.6 is 0 Å². The lowest BCUT2D eigenvalue weighted by Gasteiger charge is -2.24. The molecule has 0 fully saturated rings. The van der Waals surface area contributed by atoms with Gasteiger partial charge in [-0.05, 0) is 51.0 Å². The Kier molecular flexibility index (Phi) is 8.74. The smallest absolute Gasteiger partial charge is 0.118 e. The molecule has 0 heterocycles. The highest BCUT2D eigenvalue weighted by Crippen LogP contribution is 2.14. The second kappa shape index (κ2) is 10.3. The topological polar surface area (TPSA) is 33.7 Å². The third-order valence-electron chi connectivity index (χ3n) is 3.78. The Labute approximate surface area is 141 Å². The van der Waals surface area contributed by atoms with Crippen LogP contribution < -0.4 is 10.1 Å². The molecule has 0 spiro atoms. The van der Waals surface area contributed by atoms with Gasteiger partial charge in [0, 0.05) is 38.5 Å². The molecular formula is C19H32N2O2. The quantitative estimate of drug-likeness (QED) is 0.716. The predicted octanol–water partition coefficient (Wildman–Crippen LogP) is 3.44. The van der Waals surface area contributed by atoms with Gasteiger partial charge in [0.1, 0.15) is 5.75 Å². The molecule has 1 aromatic rings. The lowest BCUT2D eigenvalue weighted by Crippen LogP contribution is -2.30. The average Bonchev–Trinajstić information content (AvgIpc) is 2.52. The number of allylic oxidation sites excluding steroid dienone is 1. The first-order valence-corrected chi connectivity index (χ1v) is 8.23. The van der Waals surface area contributed by atoms with Crippen molar-refractivity contribution in [3.05, 3.63) is 41.1 Å². The van der Waals surface area contributed by atoms with Crippen molar-refractivity contribution >= 4 is 0 Å². The lowest BCUT2D eigenvalue weighted by molar-refractivity contribution is 0.149. The maximum absolute atomic E-state index is 5.26. The molecule has 0 saturated carbocycles. The predicted molar refractivity (Wildman–Crippen MR) is 96.8 cm³/mol. The summed E-state index contributed by atoms with van der Waals surface area (Å²) in [5, 5.41) is 3.49. The van der Waals surface area contributed by atoms with Crippen molar-refractivity contribution in [2.75, 3.05) is 33.9 Å². The highest BCUT2D eigenvalue weighted by atomic mass is 16.5. The molecule has 0 saturated heterocycles. The number of nitrogens with zero attached hydrogens (tertiary/aromatic N) is 1. The first kappa shape index (κ1) is 19.5. The highest BCUT2D eigenvalue weighted by molar-refractivity contribution is 5.27. The van der Waals surface area contributed by atoms with Crippen molar-refractivity contribution in [3.63, 3.8) is 0 Å². The number of methoxy groups -OCH3 is 2. The minimum Gasteiger partial charge on any atom is -0.497 e. The SMILES string of the molecule is COCCN(C/C(C)=C(\C)NC(C)C)Cc1ccc(OC)cc1. The molecule has 0 amide bonds. The first-order chi connectivity index (χ1) is 11.0. The molecule has 1 N–H and O–H groups in total. The summed E-state index contributed by atoms with van der Waals surface area (Å²) in [5.41, 5.74) is 3.91. The van der Waals surface area contributed by atoms with Crippen molar-refractivity contribution in [2.45, 2.75) is 40.3 Å². The number of rotatable bonds is 10. The van der Waals surface area contributed by atoms with Crippen LogP contribution in [0.2, 0.25) is 0 Å². The summed E-state index contributed by atoms with van der Waals surface area (Å²) < 4.78 is 10.5. The van der Waals surface area contributed by atoms with Crippen LogP contribution in [0, 0.1) is 0 Å². The standard InChI is InChI=1S/C19H32N2O2/c1-15(2)20-17(4)16(3)13-21(11-12-22-5)14-18-7-9-19(23-6)10-8-18/h7-10,15,20H,11-14H2,1-6H3/b17-16+. The van der Waals surface area contributed by atoms with Gasteiger partial charge in [0.05, 0.1) is 13.7 Å². The first-order valence-electron chi connectivity index (χ1n) is 8.23. The van der Waals surface area contributed by atoms with Crippen LogP contribution in [0.25, 0.3) is 0 Å². The van der Waals surface area contributed by atoms with Crippen molar-refractivity contribution < 1.29 is 9.47 Å². The minimum absolute atomic E-state index is 0.457. The average molecular weight is 320 g/mol. The summed E-state index contributed by atoms with van der Waals surface area (Å²) >= 11 is 0. The van der Waals surface area contributed by atoms with Gasteiger partial charge in [-0.3, -0.25) is 4.90 Å². The van der Waals surface area contributed by atoms with E-state index in [4.69, 9.17) is 9.47 Å². The van der Waals surface area contributed by atoms with Crippen molar-refractivity contribution in [2.24, 2.45) is 0 Å². The summed E-state index contributed by atoms with van der Waals surface area (Å²) in [6.07, 6.45) is 0. The fourth-order valence-electron chi connectivity index (χ4n) is 2.43. The molecule has 0 radical (unpaired) electrons. The molecular weight excluding hydrogens is 288 g/mol.